The number of rotatable bonds is 5. The Hall–Kier alpha value is -1.62. The zero-order valence-electron chi connectivity index (χ0n) is 12.0. The zero-order valence-corrected chi connectivity index (χ0v) is 12.0. The van der Waals surface area contributed by atoms with Crippen LogP contribution in [0.3, 0.4) is 0 Å². The molecule has 1 fully saturated rings. The van der Waals surface area contributed by atoms with Crippen molar-refractivity contribution in [1.29, 1.82) is 0 Å². The molecular formula is C15H21FN2O2. The molecule has 1 saturated heterocycles. The van der Waals surface area contributed by atoms with Gasteiger partial charge >= 0.3 is 0 Å². The smallest absolute Gasteiger partial charge is 0.261 e. The highest BCUT2D eigenvalue weighted by Crippen LogP contribution is 2.22. The summed E-state index contributed by atoms with van der Waals surface area (Å²) < 4.78 is 19.9. The molecule has 1 aromatic rings. The van der Waals surface area contributed by atoms with Crippen LogP contribution in [0.5, 0.6) is 5.75 Å². The molecular weight excluding hydrogens is 259 g/mol. The van der Waals surface area contributed by atoms with Gasteiger partial charge < -0.3 is 15.0 Å². The highest BCUT2D eigenvalue weighted by atomic mass is 19.1. The summed E-state index contributed by atoms with van der Waals surface area (Å²) in [6, 6.07) is 7.69. The standard InChI is InChI=1S/C15H21FN2O2/c1-12-5-3-4-6-13(12)20-10-9-18(2)14(19)15(16)7-8-17-11-15/h3-6,17H,7-11H2,1-2H3/t15-/m1/s1. The topological polar surface area (TPSA) is 41.6 Å². The first-order chi connectivity index (χ1) is 9.53. The van der Waals surface area contributed by atoms with Crippen molar-refractivity contribution in [3.05, 3.63) is 29.8 Å². The van der Waals surface area contributed by atoms with E-state index in [9.17, 15) is 9.18 Å². The molecule has 20 heavy (non-hydrogen) atoms. The van der Waals surface area contributed by atoms with E-state index in [1.165, 1.54) is 4.90 Å². The average Bonchev–Trinajstić information content (AvgIpc) is 2.88. The second-order valence-corrected chi connectivity index (χ2v) is 5.23. The molecule has 5 heteroatoms. The molecule has 0 bridgehead atoms. The molecule has 1 aromatic carbocycles. The van der Waals surface area contributed by atoms with Crippen LogP contribution < -0.4 is 10.1 Å². The van der Waals surface area contributed by atoms with Crippen LogP contribution in [0, 0.1) is 6.92 Å². The fraction of sp³-hybridized carbons (Fsp3) is 0.533. The summed E-state index contributed by atoms with van der Waals surface area (Å²) in [5.74, 6) is 0.335. The Morgan fingerprint density at radius 1 is 1.50 bits per heavy atom. The Balaban J connectivity index is 1.82. The second kappa shape index (κ2) is 6.22. The van der Waals surface area contributed by atoms with Crippen LogP contribution in [0.4, 0.5) is 4.39 Å². The second-order valence-electron chi connectivity index (χ2n) is 5.23. The number of benzene rings is 1. The summed E-state index contributed by atoms with van der Waals surface area (Å²) in [6.07, 6.45) is 0.245. The fourth-order valence-electron chi connectivity index (χ4n) is 2.30. The Morgan fingerprint density at radius 3 is 2.90 bits per heavy atom. The van der Waals surface area contributed by atoms with Gasteiger partial charge in [-0.1, -0.05) is 18.2 Å². The molecule has 0 aliphatic carbocycles. The molecule has 0 saturated carbocycles. The zero-order chi connectivity index (χ0) is 14.6. The Bertz CT molecular complexity index is 473. The van der Waals surface area contributed by atoms with Crippen molar-refractivity contribution < 1.29 is 13.9 Å². The van der Waals surface area contributed by atoms with Crippen molar-refractivity contribution in [2.24, 2.45) is 0 Å². The number of hydrogen-bond acceptors (Lipinski definition) is 3. The first-order valence-corrected chi connectivity index (χ1v) is 6.86. The molecule has 1 amide bonds. The summed E-state index contributed by atoms with van der Waals surface area (Å²) in [5.41, 5.74) is -0.708. The van der Waals surface area contributed by atoms with Gasteiger partial charge in [-0.05, 0) is 25.1 Å². The molecule has 1 N–H and O–H groups in total. The lowest BCUT2D eigenvalue weighted by molar-refractivity contribution is -0.141. The molecule has 1 aliphatic rings. The van der Waals surface area contributed by atoms with E-state index in [4.69, 9.17) is 4.74 Å². The minimum atomic E-state index is -1.75. The first-order valence-electron chi connectivity index (χ1n) is 6.86. The van der Waals surface area contributed by atoms with Crippen LogP contribution in [-0.2, 0) is 4.79 Å². The third kappa shape index (κ3) is 3.28. The Labute approximate surface area is 118 Å². The molecule has 0 spiro atoms. The molecule has 1 atom stereocenters. The van der Waals surface area contributed by atoms with Crippen LogP contribution in [0.25, 0.3) is 0 Å². The van der Waals surface area contributed by atoms with Gasteiger partial charge in [0.15, 0.2) is 0 Å². The van der Waals surface area contributed by atoms with E-state index in [1.54, 1.807) is 7.05 Å². The van der Waals surface area contributed by atoms with Crippen molar-refractivity contribution in [3.63, 3.8) is 0 Å². The van der Waals surface area contributed by atoms with E-state index < -0.39 is 11.6 Å². The highest BCUT2D eigenvalue weighted by Gasteiger charge is 2.43. The third-order valence-corrected chi connectivity index (χ3v) is 3.61. The van der Waals surface area contributed by atoms with Gasteiger partial charge in [0.25, 0.3) is 5.91 Å². The van der Waals surface area contributed by atoms with E-state index in [1.807, 2.05) is 31.2 Å². The van der Waals surface area contributed by atoms with E-state index in [0.29, 0.717) is 19.7 Å². The number of nitrogens with zero attached hydrogens (tertiary/aromatic N) is 1. The summed E-state index contributed by atoms with van der Waals surface area (Å²) in [6.45, 7) is 3.35. The summed E-state index contributed by atoms with van der Waals surface area (Å²) in [5, 5.41) is 2.88. The maximum Gasteiger partial charge on any atom is 0.261 e. The van der Waals surface area contributed by atoms with Gasteiger partial charge in [0, 0.05) is 20.0 Å². The Kier molecular flexibility index (Phi) is 4.60. The van der Waals surface area contributed by atoms with Crippen LogP contribution in [0.15, 0.2) is 24.3 Å². The van der Waals surface area contributed by atoms with Crippen LogP contribution in [-0.4, -0.2) is 49.8 Å². The normalized spacial score (nSPS) is 21.8. The fourth-order valence-corrected chi connectivity index (χ4v) is 2.30. The van der Waals surface area contributed by atoms with Gasteiger partial charge in [-0.2, -0.15) is 0 Å². The number of halogens is 1. The largest absolute Gasteiger partial charge is 0.491 e. The maximum absolute atomic E-state index is 14.3. The molecule has 2 rings (SSSR count). The number of nitrogens with one attached hydrogen (secondary N) is 1. The van der Waals surface area contributed by atoms with Crippen molar-refractivity contribution in [2.45, 2.75) is 19.0 Å². The lowest BCUT2D eigenvalue weighted by Gasteiger charge is -2.25. The number of alkyl halides is 1. The number of carbonyl (C=O) groups excluding carboxylic acids is 1. The van der Waals surface area contributed by atoms with Crippen LogP contribution in [0.1, 0.15) is 12.0 Å². The molecule has 0 unspecified atom stereocenters. The maximum atomic E-state index is 14.3. The summed E-state index contributed by atoms with van der Waals surface area (Å²) in [4.78, 5) is 13.4. The summed E-state index contributed by atoms with van der Waals surface area (Å²) >= 11 is 0. The van der Waals surface area contributed by atoms with Crippen molar-refractivity contribution >= 4 is 5.91 Å². The lowest BCUT2D eigenvalue weighted by atomic mass is 10.0. The van der Waals surface area contributed by atoms with E-state index >= 15 is 0 Å². The Morgan fingerprint density at radius 2 is 2.25 bits per heavy atom. The highest BCUT2D eigenvalue weighted by molar-refractivity contribution is 5.85. The number of hydrogen-bond donors (Lipinski definition) is 1. The van der Waals surface area contributed by atoms with Gasteiger partial charge in [-0.25, -0.2) is 4.39 Å². The monoisotopic (exact) mass is 280 g/mol. The number of carbonyl (C=O) groups is 1. The van der Waals surface area contributed by atoms with Gasteiger partial charge in [-0.3, -0.25) is 4.79 Å². The van der Waals surface area contributed by atoms with Gasteiger partial charge in [0.1, 0.15) is 12.4 Å². The predicted octanol–water partition coefficient (Wildman–Crippen LogP) is 1.53. The van der Waals surface area contributed by atoms with Gasteiger partial charge in [0.05, 0.1) is 6.54 Å². The number of ether oxygens (including phenoxy) is 1. The van der Waals surface area contributed by atoms with Crippen molar-refractivity contribution in [2.75, 3.05) is 33.3 Å². The lowest BCUT2D eigenvalue weighted by Crippen LogP contribution is -2.47. The predicted molar refractivity (Wildman–Crippen MR) is 75.6 cm³/mol. The van der Waals surface area contributed by atoms with Crippen molar-refractivity contribution in [3.8, 4) is 5.75 Å². The van der Waals surface area contributed by atoms with Gasteiger partial charge in [-0.15, -0.1) is 0 Å². The molecule has 1 heterocycles. The van der Waals surface area contributed by atoms with E-state index in [0.717, 1.165) is 11.3 Å². The van der Waals surface area contributed by atoms with E-state index in [2.05, 4.69) is 5.32 Å². The summed E-state index contributed by atoms with van der Waals surface area (Å²) in [7, 11) is 1.61. The molecule has 0 aromatic heterocycles. The molecule has 0 radical (unpaired) electrons. The number of amides is 1. The minimum Gasteiger partial charge on any atom is -0.491 e. The minimum absolute atomic E-state index is 0.106. The SMILES string of the molecule is Cc1ccccc1OCCN(C)C(=O)[C@@]1(F)CCNC1. The average molecular weight is 280 g/mol. The number of aryl methyl sites for hydroxylation is 1. The van der Waals surface area contributed by atoms with E-state index in [-0.39, 0.29) is 13.0 Å². The third-order valence-electron chi connectivity index (χ3n) is 3.61. The first kappa shape index (κ1) is 14.8. The quantitative estimate of drug-likeness (QED) is 0.889. The molecule has 1 aliphatic heterocycles. The molecule has 110 valence electrons. The van der Waals surface area contributed by atoms with Crippen LogP contribution >= 0.6 is 0 Å². The number of para-hydroxylation sites is 1. The van der Waals surface area contributed by atoms with Crippen molar-refractivity contribution in [1.82, 2.24) is 10.2 Å². The van der Waals surface area contributed by atoms with Gasteiger partial charge in [0.2, 0.25) is 5.67 Å². The molecule has 4 nitrogen and oxygen atoms in total. The van der Waals surface area contributed by atoms with Crippen LogP contribution in [0.2, 0.25) is 0 Å². The number of likely N-dealkylation sites (N-methyl/N-ethyl adjacent to an activating group) is 1.